The number of nitrogens with one attached hydrogen (secondary N) is 1. The van der Waals surface area contributed by atoms with Crippen molar-refractivity contribution in [3.63, 3.8) is 0 Å². The molecule has 0 aromatic carbocycles. The van der Waals surface area contributed by atoms with Gasteiger partial charge in [-0.15, -0.1) is 0 Å². The molecular weight excluding hydrogens is 286 g/mol. The van der Waals surface area contributed by atoms with Crippen LogP contribution in [-0.4, -0.2) is 56.6 Å². The molecular formula is C11H21N3O5S. The molecule has 0 aromatic rings. The summed E-state index contributed by atoms with van der Waals surface area (Å²) in [5, 5.41) is 17.6. The van der Waals surface area contributed by atoms with Gasteiger partial charge in [0.05, 0.1) is 12.7 Å². The molecule has 0 saturated carbocycles. The second-order valence-corrected chi connectivity index (χ2v) is 6.19. The first-order valence-corrected chi connectivity index (χ1v) is 7.56. The molecule has 0 saturated heterocycles. The van der Waals surface area contributed by atoms with E-state index in [2.05, 4.69) is 4.72 Å². The Morgan fingerprint density at radius 3 is 2.45 bits per heavy atom. The minimum Gasteiger partial charge on any atom is -0.480 e. The summed E-state index contributed by atoms with van der Waals surface area (Å²) in [4.78, 5) is 11.0. The monoisotopic (exact) mass is 307 g/mol. The van der Waals surface area contributed by atoms with Crippen LogP contribution in [0.5, 0.6) is 0 Å². The Kier molecular flexibility index (Phi) is 8.33. The van der Waals surface area contributed by atoms with Gasteiger partial charge in [-0.25, -0.2) is 0 Å². The molecule has 116 valence electrons. The number of carboxylic acids is 1. The molecule has 0 amide bonds. The fourth-order valence-corrected chi connectivity index (χ4v) is 2.92. The molecule has 0 rings (SSSR count). The van der Waals surface area contributed by atoms with Crippen molar-refractivity contribution in [3.8, 4) is 6.07 Å². The number of hydrogen-bond acceptors (Lipinski definition) is 5. The fourth-order valence-electron chi connectivity index (χ4n) is 1.43. The maximum atomic E-state index is 12.1. The minimum absolute atomic E-state index is 0.0143. The van der Waals surface area contributed by atoms with Crippen molar-refractivity contribution in [2.45, 2.75) is 26.3 Å². The van der Waals surface area contributed by atoms with Gasteiger partial charge in [-0.1, -0.05) is 13.8 Å². The van der Waals surface area contributed by atoms with Crippen LogP contribution in [0.2, 0.25) is 0 Å². The van der Waals surface area contributed by atoms with E-state index in [9.17, 15) is 13.2 Å². The molecule has 1 atom stereocenters. The molecule has 0 aliphatic rings. The number of carboxylic acid groups (broad SMARTS) is 1. The standard InChI is InChI=1S/C11H21N3O5S/c1-9(2)10(11(15)16)13-20(17,18)14(6-4-5-12)7-8-19-3/h9-10,13H,4,6-8H2,1-3H3,(H,15,16)/t10-/m1/s1. The third kappa shape index (κ3) is 6.29. The number of methoxy groups -OCH3 is 1. The van der Waals surface area contributed by atoms with E-state index < -0.39 is 28.1 Å². The van der Waals surface area contributed by atoms with Gasteiger partial charge in [-0.3, -0.25) is 4.79 Å². The predicted molar refractivity (Wildman–Crippen MR) is 72.0 cm³/mol. The second-order valence-electron chi connectivity index (χ2n) is 4.48. The summed E-state index contributed by atoms with van der Waals surface area (Å²) in [6.45, 7) is 3.41. The Hall–Kier alpha value is -1.21. The molecule has 0 aromatic heterocycles. The van der Waals surface area contributed by atoms with Crippen LogP contribution in [-0.2, 0) is 19.7 Å². The number of ether oxygens (including phenoxy) is 1. The molecule has 2 N–H and O–H groups in total. The highest BCUT2D eigenvalue weighted by Gasteiger charge is 2.30. The Morgan fingerprint density at radius 2 is 2.05 bits per heavy atom. The van der Waals surface area contributed by atoms with E-state index in [0.29, 0.717) is 0 Å². The number of hydrogen-bond donors (Lipinski definition) is 2. The van der Waals surface area contributed by atoms with Gasteiger partial charge in [-0.05, 0) is 5.92 Å². The van der Waals surface area contributed by atoms with E-state index in [-0.39, 0.29) is 26.1 Å². The molecule has 9 heteroatoms. The smallest absolute Gasteiger partial charge is 0.322 e. The van der Waals surface area contributed by atoms with Gasteiger partial charge in [0, 0.05) is 26.6 Å². The van der Waals surface area contributed by atoms with Gasteiger partial charge < -0.3 is 9.84 Å². The van der Waals surface area contributed by atoms with Gasteiger partial charge in [0.15, 0.2) is 0 Å². The summed E-state index contributed by atoms with van der Waals surface area (Å²) in [5.74, 6) is -1.64. The fraction of sp³-hybridized carbons (Fsp3) is 0.818. The van der Waals surface area contributed by atoms with Crippen LogP contribution in [0.1, 0.15) is 20.3 Å². The summed E-state index contributed by atoms with van der Waals surface area (Å²) >= 11 is 0. The topological polar surface area (TPSA) is 120 Å². The summed E-state index contributed by atoms with van der Waals surface area (Å²) in [7, 11) is -2.56. The highest BCUT2D eigenvalue weighted by molar-refractivity contribution is 7.87. The molecule has 0 aliphatic heterocycles. The molecule has 0 aliphatic carbocycles. The summed E-state index contributed by atoms with van der Waals surface area (Å²) in [5.41, 5.74) is 0. The maximum Gasteiger partial charge on any atom is 0.322 e. The van der Waals surface area contributed by atoms with Crippen LogP contribution >= 0.6 is 0 Å². The van der Waals surface area contributed by atoms with Crippen molar-refractivity contribution in [3.05, 3.63) is 0 Å². The predicted octanol–water partition coefficient (Wildman–Crippen LogP) is -0.208. The summed E-state index contributed by atoms with van der Waals surface area (Å²) < 4.78 is 32.3. The lowest BCUT2D eigenvalue weighted by molar-refractivity contribution is -0.140. The van der Waals surface area contributed by atoms with Crippen molar-refractivity contribution in [1.29, 1.82) is 5.26 Å². The quantitative estimate of drug-likeness (QED) is 0.576. The van der Waals surface area contributed by atoms with Crippen LogP contribution in [0.15, 0.2) is 0 Å². The molecule has 0 spiro atoms. The molecule has 0 bridgehead atoms. The van der Waals surface area contributed by atoms with Gasteiger partial charge in [-0.2, -0.15) is 22.7 Å². The highest BCUT2D eigenvalue weighted by atomic mass is 32.2. The molecule has 0 radical (unpaired) electrons. The van der Waals surface area contributed by atoms with Crippen LogP contribution in [0.25, 0.3) is 0 Å². The number of nitriles is 1. The van der Waals surface area contributed by atoms with Gasteiger partial charge in [0.25, 0.3) is 10.2 Å². The van der Waals surface area contributed by atoms with Crippen LogP contribution < -0.4 is 4.72 Å². The summed E-state index contributed by atoms with van der Waals surface area (Å²) in [6.07, 6.45) is 0.0179. The normalized spacial score (nSPS) is 13.4. The zero-order valence-corrected chi connectivity index (χ0v) is 12.7. The van der Waals surface area contributed by atoms with Crippen molar-refractivity contribution in [2.75, 3.05) is 26.8 Å². The Morgan fingerprint density at radius 1 is 1.45 bits per heavy atom. The lowest BCUT2D eigenvalue weighted by atomic mass is 10.1. The molecule has 0 heterocycles. The first-order valence-electron chi connectivity index (χ1n) is 6.12. The first kappa shape index (κ1) is 18.8. The third-order valence-corrected chi connectivity index (χ3v) is 4.16. The van der Waals surface area contributed by atoms with Crippen LogP contribution in [0.4, 0.5) is 0 Å². The van der Waals surface area contributed by atoms with Gasteiger partial charge in [0.1, 0.15) is 6.04 Å². The average Bonchev–Trinajstić information content (AvgIpc) is 2.35. The van der Waals surface area contributed by atoms with Gasteiger partial charge in [0.2, 0.25) is 0 Å². The van der Waals surface area contributed by atoms with Crippen LogP contribution in [0.3, 0.4) is 0 Å². The van der Waals surface area contributed by atoms with Crippen molar-refractivity contribution in [2.24, 2.45) is 5.92 Å². The molecule has 0 unspecified atom stereocenters. The van der Waals surface area contributed by atoms with Crippen molar-refractivity contribution >= 4 is 16.2 Å². The molecule has 0 fully saturated rings. The largest absolute Gasteiger partial charge is 0.480 e. The number of rotatable bonds is 10. The van der Waals surface area contributed by atoms with Crippen molar-refractivity contribution < 1.29 is 23.1 Å². The summed E-state index contributed by atoms with van der Waals surface area (Å²) in [6, 6.07) is 0.639. The van der Waals surface area contributed by atoms with Gasteiger partial charge >= 0.3 is 5.97 Å². The average molecular weight is 307 g/mol. The van der Waals surface area contributed by atoms with Crippen molar-refractivity contribution in [1.82, 2.24) is 9.03 Å². The van der Waals surface area contributed by atoms with E-state index in [0.717, 1.165) is 4.31 Å². The van der Waals surface area contributed by atoms with Crippen LogP contribution in [0, 0.1) is 17.2 Å². The molecule has 20 heavy (non-hydrogen) atoms. The maximum absolute atomic E-state index is 12.1. The molecule has 8 nitrogen and oxygen atoms in total. The zero-order valence-electron chi connectivity index (χ0n) is 11.9. The highest BCUT2D eigenvalue weighted by Crippen LogP contribution is 2.07. The number of carbonyl (C=O) groups is 1. The Balaban J connectivity index is 5.00. The lowest BCUT2D eigenvalue weighted by Crippen LogP contribution is -2.51. The van der Waals surface area contributed by atoms with E-state index in [1.165, 1.54) is 7.11 Å². The minimum atomic E-state index is -3.98. The first-order chi connectivity index (χ1) is 9.26. The third-order valence-electron chi connectivity index (χ3n) is 2.57. The second kappa shape index (κ2) is 8.86. The zero-order chi connectivity index (χ0) is 15.8. The van der Waals surface area contributed by atoms with E-state index >= 15 is 0 Å². The van der Waals surface area contributed by atoms with E-state index in [1.807, 2.05) is 6.07 Å². The van der Waals surface area contributed by atoms with E-state index in [4.69, 9.17) is 15.1 Å². The van der Waals surface area contributed by atoms with E-state index in [1.54, 1.807) is 13.8 Å². The lowest BCUT2D eigenvalue weighted by Gasteiger charge is -2.25. The SMILES string of the molecule is COCCN(CCC#N)S(=O)(=O)N[C@@H](C(=O)O)C(C)C. The Labute approximate surface area is 119 Å². The number of aliphatic carboxylic acids is 1. The Bertz CT molecular complexity index is 443. The number of nitrogens with zero attached hydrogens (tertiary/aromatic N) is 2.